The molecule has 1 amide bonds. The van der Waals surface area contributed by atoms with Crippen molar-refractivity contribution in [3.8, 4) is 5.75 Å². The van der Waals surface area contributed by atoms with E-state index in [9.17, 15) is 9.90 Å². The number of benzene rings is 1. The summed E-state index contributed by atoms with van der Waals surface area (Å²) in [6, 6.07) is 8.59. The number of nitrogens with zero attached hydrogens (tertiary/aromatic N) is 3. The van der Waals surface area contributed by atoms with Gasteiger partial charge in [0.15, 0.2) is 0 Å². The fourth-order valence-corrected chi connectivity index (χ4v) is 4.44. The van der Waals surface area contributed by atoms with Crippen LogP contribution < -0.4 is 10.1 Å². The van der Waals surface area contributed by atoms with Crippen molar-refractivity contribution in [2.24, 2.45) is 0 Å². The molecule has 2 aliphatic heterocycles. The third-order valence-electron chi connectivity index (χ3n) is 6.06. The number of nitrogens with one attached hydrogen (secondary N) is 1. The van der Waals surface area contributed by atoms with Gasteiger partial charge in [-0.05, 0) is 51.1 Å². The average Bonchev–Trinajstić information content (AvgIpc) is 3.04. The number of ether oxygens (including phenoxy) is 1. The van der Waals surface area contributed by atoms with E-state index in [1.165, 1.54) is 5.56 Å². The van der Waals surface area contributed by atoms with Gasteiger partial charge < -0.3 is 25.0 Å². The van der Waals surface area contributed by atoms with Gasteiger partial charge >= 0.3 is 0 Å². The van der Waals surface area contributed by atoms with Gasteiger partial charge in [0.1, 0.15) is 12.4 Å². The summed E-state index contributed by atoms with van der Waals surface area (Å²) in [6.07, 6.45) is 2.73. The zero-order valence-electron chi connectivity index (χ0n) is 18.8. The molecule has 0 radical (unpaired) electrons. The normalized spacial score (nSPS) is 23.8. The Balaban J connectivity index is 1.41. The average molecular weight is 419 g/mol. The van der Waals surface area contributed by atoms with Crippen molar-refractivity contribution in [2.75, 3.05) is 60.0 Å². The topological polar surface area (TPSA) is 68.3 Å². The lowest BCUT2D eigenvalue weighted by Crippen LogP contribution is -2.50. The smallest absolute Gasteiger partial charge is 0.217 e. The van der Waals surface area contributed by atoms with Gasteiger partial charge in [0.25, 0.3) is 0 Å². The standard InChI is InChI=1S/C23H38N4O3/c1-19(28)24-21-8-11-26(12-9-21)17-23(29)10-13-27(18-23)16-20-4-6-22(7-5-20)30-15-14-25(2)3/h4-7,21,29H,8-18H2,1-3H3,(H,24,28)/t23-/m1/s1. The van der Waals surface area contributed by atoms with E-state index in [1.54, 1.807) is 6.92 Å². The second-order valence-corrected chi connectivity index (χ2v) is 9.23. The van der Waals surface area contributed by atoms with Crippen LogP contribution in [0.25, 0.3) is 0 Å². The number of hydrogen-bond acceptors (Lipinski definition) is 6. The molecule has 2 heterocycles. The first kappa shape index (κ1) is 23.0. The lowest BCUT2D eigenvalue weighted by Gasteiger charge is -2.36. The zero-order chi connectivity index (χ0) is 21.6. The van der Waals surface area contributed by atoms with E-state index in [-0.39, 0.29) is 11.9 Å². The molecule has 0 saturated carbocycles. The van der Waals surface area contributed by atoms with Crippen LogP contribution in [0, 0.1) is 0 Å². The lowest BCUT2D eigenvalue weighted by atomic mass is 9.99. The van der Waals surface area contributed by atoms with Crippen LogP contribution in [0.3, 0.4) is 0 Å². The van der Waals surface area contributed by atoms with Gasteiger partial charge in [-0.15, -0.1) is 0 Å². The maximum absolute atomic E-state index is 11.2. The molecule has 3 rings (SSSR count). The number of likely N-dealkylation sites (N-methyl/N-ethyl adjacent to an activating group) is 1. The molecule has 1 atom stereocenters. The Kier molecular flexibility index (Phi) is 8.11. The zero-order valence-corrected chi connectivity index (χ0v) is 18.8. The highest BCUT2D eigenvalue weighted by Crippen LogP contribution is 2.26. The molecule has 2 aliphatic rings. The summed E-state index contributed by atoms with van der Waals surface area (Å²) in [5.41, 5.74) is 0.603. The third-order valence-corrected chi connectivity index (χ3v) is 6.06. The van der Waals surface area contributed by atoms with Crippen molar-refractivity contribution in [2.45, 2.75) is 44.4 Å². The van der Waals surface area contributed by atoms with Gasteiger partial charge in [0, 0.05) is 58.8 Å². The SMILES string of the molecule is CC(=O)NC1CCN(C[C@]2(O)CCN(Cc3ccc(OCCN(C)C)cc3)C2)CC1. The van der Waals surface area contributed by atoms with Crippen LogP contribution in [0.2, 0.25) is 0 Å². The van der Waals surface area contributed by atoms with E-state index in [0.717, 1.165) is 64.3 Å². The summed E-state index contributed by atoms with van der Waals surface area (Å²) in [5, 5.41) is 14.1. The summed E-state index contributed by atoms with van der Waals surface area (Å²) >= 11 is 0. The number of aliphatic hydroxyl groups is 1. The second kappa shape index (κ2) is 10.6. The van der Waals surface area contributed by atoms with Gasteiger partial charge in [-0.1, -0.05) is 12.1 Å². The first-order valence-electron chi connectivity index (χ1n) is 11.1. The second-order valence-electron chi connectivity index (χ2n) is 9.23. The minimum atomic E-state index is -0.643. The molecule has 0 unspecified atom stereocenters. The largest absolute Gasteiger partial charge is 0.492 e. The summed E-state index contributed by atoms with van der Waals surface area (Å²) in [6.45, 7) is 8.23. The van der Waals surface area contributed by atoms with Crippen LogP contribution >= 0.6 is 0 Å². The minimum Gasteiger partial charge on any atom is -0.492 e. The molecule has 0 spiro atoms. The first-order chi connectivity index (χ1) is 14.3. The molecule has 1 aromatic rings. The maximum Gasteiger partial charge on any atom is 0.217 e. The number of piperidine rings is 1. The molecule has 2 N–H and O–H groups in total. The van der Waals surface area contributed by atoms with Gasteiger partial charge in [-0.2, -0.15) is 0 Å². The van der Waals surface area contributed by atoms with Crippen molar-refractivity contribution >= 4 is 5.91 Å². The molecule has 0 bridgehead atoms. The Labute approximate surface area is 181 Å². The number of β-amino-alcohol motifs (C(OH)–C–C–N with tert-alkyl or cyclic N) is 1. The van der Waals surface area contributed by atoms with E-state index in [2.05, 4.69) is 32.1 Å². The highest BCUT2D eigenvalue weighted by Gasteiger charge is 2.38. The van der Waals surface area contributed by atoms with Crippen molar-refractivity contribution in [3.05, 3.63) is 29.8 Å². The number of carbonyl (C=O) groups excluding carboxylic acids is 1. The Morgan fingerprint density at radius 1 is 1.20 bits per heavy atom. The van der Waals surface area contributed by atoms with Gasteiger partial charge in [0.2, 0.25) is 5.91 Å². The molecule has 2 fully saturated rings. The quantitative estimate of drug-likeness (QED) is 0.627. The fraction of sp³-hybridized carbons (Fsp3) is 0.696. The van der Waals surface area contributed by atoms with E-state index < -0.39 is 5.60 Å². The molecular formula is C23H38N4O3. The predicted octanol–water partition coefficient (Wildman–Crippen LogP) is 1.16. The van der Waals surface area contributed by atoms with Crippen LogP contribution in [0.5, 0.6) is 5.75 Å². The summed E-state index contributed by atoms with van der Waals surface area (Å²) in [4.78, 5) is 18.0. The van der Waals surface area contributed by atoms with Crippen molar-refractivity contribution in [1.82, 2.24) is 20.0 Å². The molecule has 7 nitrogen and oxygen atoms in total. The number of likely N-dealkylation sites (tertiary alicyclic amines) is 2. The lowest BCUT2D eigenvalue weighted by molar-refractivity contribution is -0.120. The van der Waals surface area contributed by atoms with E-state index >= 15 is 0 Å². The minimum absolute atomic E-state index is 0.0478. The molecule has 2 saturated heterocycles. The first-order valence-corrected chi connectivity index (χ1v) is 11.1. The Morgan fingerprint density at radius 3 is 2.53 bits per heavy atom. The molecule has 0 aromatic heterocycles. The highest BCUT2D eigenvalue weighted by atomic mass is 16.5. The molecule has 30 heavy (non-hydrogen) atoms. The van der Waals surface area contributed by atoms with Crippen LogP contribution in [0.4, 0.5) is 0 Å². The monoisotopic (exact) mass is 418 g/mol. The Hall–Kier alpha value is -1.67. The molecule has 0 aliphatic carbocycles. The van der Waals surface area contributed by atoms with Gasteiger partial charge in [0.05, 0.1) is 5.60 Å². The van der Waals surface area contributed by atoms with Crippen LogP contribution in [0.15, 0.2) is 24.3 Å². The predicted molar refractivity (Wildman–Crippen MR) is 119 cm³/mol. The van der Waals surface area contributed by atoms with E-state index in [4.69, 9.17) is 4.74 Å². The van der Waals surface area contributed by atoms with Crippen LogP contribution in [-0.2, 0) is 11.3 Å². The van der Waals surface area contributed by atoms with E-state index in [0.29, 0.717) is 13.2 Å². The third kappa shape index (κ3) is 7.23. The van der Waals surface area contributed by atoms with Crippen molar-refractivity contribution in [3.63, 3.8) is 0 Å². The summed E-state index contributed by atoms with van der Waals surface area (Å²) in [5.74, 6) is 0.952. The fourth-order valence-electron chi connectivity index (χ4n) is 4.44. The summed E-state index contributed by atoms with van der Waals surface area (Å²) in [7, 11) is 4.08. The molecule has 7 heteroatoms. The van der Waals surface area contributed by atoms with Crippen LogP contribution in [0.1, 0.15) is 31.7 Å². The maximum atomic E-state index is 11.2. The summed E-state index contributed by atoms with van der Waals surface area (Å²) < 4.78 is 5.76. The molecule has 1 aromatic carbocycles. The molecular weight excluding hydrogens is 380 g/mol. The van der Waals surface area contributed by atoms with Crippen molar-refractivity contribution < 1.29 is 14.6 Å². The number of carbonyl (C=O) groups is 1. The van der Waals surface area contributed by atoms with E-state index in [1.807, 2.05) is 26.2 Å². The Morgan fingerprint density at radius 2 is 1.90 bits per heavy atom. The number of amides is 1. The van der Waals surface area contributed by atoms with Crippen LogP contribution in [-0.4, -0.2) is 97.3 Å². The highest BCUT2D eigenvalue weighted by molar-refractivity contribution is 5.73. The number of hydrogen-bond donors (Lipinski definition) is 2. The molecule has 168 valence electrons. The van der Waals surface area contributed by atoms with Gasteiger partial charge in [-0.3, -0.25) is 9.69 Å². The Bertz CT molecular complexity index is 674. The van der Waals surface area contributed by atoms with Gasteiger partial charge in [-0.25, -0.2) is 0 Å². The van der Waals surface area contributed by atoms with Crippen molar-refractivity contribution in [1.29, 1.82) is 0 Å². The number of rotatable bonds is 9.